The Morgan fingerprint density at radius 2 is 1.75 bits per heavy atom. The number of para-hydroxylation sites is 2. The van der Waals surface area contributed by atoms with Gasteiger partial charge in [-0.15, -0.1) is 0 Å². The van der Waals surface area contributed by atoms with Crippen LogP contribution in [0, 0.1) is 10.1 Å². The molecule has 0 radical (unpaired) electrons. The summed E-state index contributed by atoms with van der Waals surface area (Å²) in [4.78, 5) is 34.8. The number of sulfone groups is 1. The summed E-state index contributed by atoms with van der Waals surface area (Å²) >= 11 is 0. The molecule has 2 aromatic carbocycles. The van der Waals surface area contributed by atoms with Crippen LogP contribution in [0.2, 0.25) is 0 Å². The highest BCUT2D eigenvalue weighted by molar-refractivity contribution is 7.91. The summed E-state index contributed by atoms with van der Waals surface area (Å²) in [6, 6.07) is 11.0. The number of benzene rings is 2. The van der Waals surface area contributed by atoms with Crippen LogP contribution >= 0.6 is 0 Å². The minimum Gasteiger partial charge on any atom is -0.449 e. The van der Waals surface area contributed by atoms with Crippen molar-refractivity contribution in [2.24, 2.45) is 0 Å². The molecule has 2 rings (SSSR count). The summed E-state index contributed by atoms with van der Waals surface area (Å²) in [6.07, 6.45) is -1.32. The summed E-state index contributed by atoms with van der Waals surface area (Å²) in [5.41, 5.74) is -0.544. The van der Waals surface area contributed by atoms with Crippen molar-refractivity contribution in [2.45, 2.75) is 24.8 Å². The van der Waals surface area contributed by atoms with Gasteiger partial charge in [-0.2, -0.15) is 0 Å². The highest BCUT2D eigenvalue weighted by Gasteiger charge is 2.26. The van der Waals surface area contributed by atoms with Crippen molar-refractivity contribution in [3.05, 3.63) is 64.2 Å². The van der Waals surface area contributed by atoms with Crippen molar-refractivity contribution in [3.8, 4) is 0 Å². The SMILES string of the molecule is CCS(=O)(=O)c1ccccc1C(=O)O[C@@H](C)C(=O)Nc1ccccc1[N+](=O)[O-]. The highest BCUT2D eigenvalue weighted by Crippen LogP contribution is 2.24. The van der Waals surface area contributed by atoms with Crippen molar-refractivity contribution in [1.82, 2.24) is 0 Å². The number of carbonyl (C=O) groups excluding carboxylic acids is 2. The number of anilines is 1. The number of carbonyl (C=O) groups is 2. The Labute approximate surface area is 161 Å². The van der Waals surface area contributed by atoms with Crippen LogP contribution in [-0.2, 0) is 19.4 Å². The number of amides is 1. The van der Waals surface area contributed by atoms with Gasteiger partial charge in [0.2, 0.25) is 0 Å². The fourth-order valence-electron chi connectivity index (χ4n) is 2.31. The predicted molar refractivity (Wildman–Crippen MR) is 101 cm³/mol. The van der Waals surface area contributed by atoms with Crippen LogP contribution in [-0.4, -0.2) is 37.1 Å². The maximum atomic E-state index is 12.4. The molecule has 148 valence electrons. The van der Waals surface area contributed by atoms with Gasteiger partial charge in [0, 0.05) is 6.07 Å². The van der Waals surface area contributed by atoms with Crippen LogP contribution in [0.1, 0.15) is 24.2 Å². The predicted octanol–water partition coefficient (Wildman–Crippen LogP) is 2.57. The Hall–Kier alpha value is -3.27. The van der Waals surface area contributed by atoms with Gasteiger partial charge >= 0.3 is 5.97 Å². The molecule has 0 aliphatic heterocycles. The van der Waals surface area contributed by atoms with Crippen LogP contribution in [0.15, 0.2) is 53.4 Å². The first-order valence-electron chi connectivity index (χ1n) is 8.24. The Morgan fingerprint density at radius 1 is 1.14 bits per heavy atom. The van der Waals surface area contributed by atoms with Gasteiger partial charge in [-0.1, -0.05) is 31.2 Å². The van der Waals surface area contributed by atoms with E-state index in [0.717, 1.165) is 0 Å². The van der Waals surface area contributed by atoms with Crippen molar-refractivity contribution in [1.29, 1.82) is 0 Å². The molecule has 0 aliphatic rings. The standard InChI is InChI=1S/C18H18N2O7S/c1-3-28(25,26)16-11-7-4-8-13(16)18(22)27-12(2)17(21)19-14-9-5-6-10-15(14)20(23)24/h4-12H,3H2,1-2H3,(H,19,21)/t12-/m0/s1. The number of nitrogens with one attached hydrogen (secondary N) is 1. The zero-order valence-electron chi connectivity index (χ0n) is 15.1. The number of hydrogen-bond acceptors (Lipinski definition) is 7. The van der Waals surface area contributed by atoms with E-state index in [0.29, 0.717) is 0 Å². The van der Waals surface area contributed by atoms with E-state index < -0.39 is 32.7 Å². The zero-order valence-corrected chi connectivity index (χ0v) is 15.9. The lowest BCUT2D eigenvalue weighted by molar-refractivity contribution is -0.383. The Bertz CT molecular complexity index is 1020. The van der Waals surface area contributed by atoms with E-state index in [-0.39, 0.29) is 27.6 Å². The van der Waals surface area contributed by atoms with Crippen LogP contribution in [0.5, 0.6) is 0 Å². The normalized spacial score (nSPS) is 12.1. The summed E-state index contributed by atoms with van der Waals surface area (Å²) < 4.78 is 29.3. The van der Waals surface area contributed by atoms with Crippen molar-refractivity contribution in [2.75, 3.05) is 11.1 Å². The molecular formula is C18H18N2O7S. The second kappa shape index (κ2) is 8.61. The second-order valence-electron chi connectivity index (χ2n) is 5.71. The van der Waals surface area contributed by atoms with E-state index in [2.05, 4.69) is 5.32 Å². The average Bonchev–Trinajstić information content (AvgIpc) is 2.68. The molecule has 9 nitrogen and oxygen atoms in total. The highest BCUT2D eigenvalue weighted by atomic mass is 32.2. The van der Waals surface area contributed by atoms with Crippen molar-refractivity contribution >= 4 is 33.1 Å². The number of ether oxygens (including phenoxy) is 1. The molecular weight excluding hydrogens is 388 g/mol. The first kappa shape index (κ1) is 21.0. The third kappa shape index (κ3) is 4.71. The lowest BCUT2D eigenvalue weighted by atomic mass is 10.2. The third-order valence-electron chi connectivity index (χ3n) is 3.83. The van der Waals surface area contributed by atoms with E-state index in [4.69, 9.17) is 4.74 Å². The molecule has 0 aliphatic carbocycles. The van der Waals surface area contributed by atoms with E-state index in [1.807, 2.05) is 0 Å². The largest absolute Gasteiger partial charge is 0.449 e. The number of esters is 1. The number of nitro benzene ring substituents is 1. The van der Waals surface area contributed by atoms with Crippen LogP contribution in [0.4, 0.5) is 11.4 Å². The lowest BCUT2D eigenvalue weighted by Crippen LogP contribution is -2.30. The lowest BCUT2D eigenvalue weighted by Gasteiger charge is -2.15. The summed E-state index contributed by atoms with van der Waals surface area (Å²) in [5.74, 6) is -1.98. The van der Waals surface area contributed by atoms with Gasteiger partial charge in [0.15, 0.2) is 15.9 Å². The Balaban J connectivity index is 2.18. The zero-order chi connectivity index (χ0) is 20.9. The molecule has 10 heteroatoms. The van der Waals surface area contributed by atoms with Crippen molar-refractivity contribution in [3.63, 3.8) is 0 Å². The van der Waals surface area contributed by atoms with E-state index >= 15 is 0 Å². The average molecular weight is 406 g/mol. The molecule has 0 aromatic heterocycles. The fraction of sp³-hybridized carbons (Fsp3) is 0.222. The monoisotopic (exact) mass is 406 g/mol. The van der Waals surface area contributed by atoms with Gasteiger partial charge in [-0.3, -0.25) is 14.9 Å². The van der Waals surface area contributed by atoms with Gasteiger partial charge in [0.05, 0.1) is 21.1 Å². The molecule has 0 heterocycles. The number of rotatable bonds is 7. The minimum absolute atomic E-state index is 0.0469. The Kier molecular flexibility index (Phi) is 6.47. The van der Waals surface area contributed by atoms with Gasteiger partial charge < -0.3 is 10.1 Å². The number of nitrogens with zero attached hydrogens (tertiary/aromatic N) is 1. The molecule has 0 saturated carbocycles. The van der Waals surface area contributed by atoms with Crippen LogP contribution in [0.25, 0.3) is 0 Å². The molecule has 0 bridgehead atoms. The summed E-state index contributed by atoms with van der Waals surface area (Å²) in [7, 11) is -3.67. The number of nitro groups is 1. The smallest absolute Gasteiger partial charge is 0.340 e. The molecule has 0 fully saturated rings. The van der Waals surface area contributed by atoms with Gasteiger partial charge in [0.1, 0.15) is 5.69 Å². The van der Waals surface area contributed by atoms with Crippen LogP contribution in [0.3, 0.4) is 0 Å². The minimum atomic E-state index is -3.67. The topological polar surface area (TPSA) is 133 Å². The molecule has 2 aromatic rings. The first-order chi connectivity index (χ1) is 13.2. The van der Waals surface area contributed by atoms with Gasteiger partial charge in [-0.25, -0.2) is 13.2 Å². The maximum Gasteiger partial charge on any atom is 0.340 e. The summed E-state index contributed by atoms with van der Waals surface area (Å²) in [5, 5.41) is 13.3. The summed E-state index contributed by atoms with van der Waals surface area (Å²) in [6.45, 7) is 2.72. The van der Waals surface area contributed by atoms with E-state index in [1.54, 1.807) is 0 Å². The third-order valence-corrected chi connectivity index (χ3v) is 5.62. The number of hydrogen-bond donors (Lipinski definition) is 1. The maximum absolute atomic E-state index is 12.4. The van der Waals surface area contributed by atoms with Gasteiger partial charge in [0.25, 0.3) is 11.6 Å². The Morgan fingerprint density at radius 3 is 2.39 bits per heavy atom. The molecule has 0 saturated heterocycles. The van der Waals surface area contributed by atoms with E-state index in [9.17, 15) is 28.1 Å². The molecule has 0 unspecified atom stereocenters. The molecule has 1 amide bonds. The molecule has 0 spiro atoms. The second-order valence-corrected chi connectivity index (χ2v) is 7.96. The van der Waals surface area contributed by atoms with Crippen molar-refractivity contribution < 1.29 is 27.7 Å². The van der Waals surface area contributed by atoms with Crippen LogP contribution < -0.4 is 5.32 Å². The van der Waals surface area contributed by atoms with E-state index in [1.165, 1.54) is 62.4 Å². The molecule has 1 atom stereocenters. The molecule has 28 heavy (non-hydrogen) atoms. The fourth-order valence-corrected chi connectivity index (χ4v) is 3.40. The van der Waals surface area contributed by atoms with Gasteiger partial charge in [-0.05, 0) is 25.1 Å². The first-order valence-corrected chi connectivity index (χ1v) is 9.89. The molecule has 1 N–H and O–H groups in total. The quantitative estimate of drug-likeness (QED) is 0.424.